The third-order valence-corrected chi connectivity index (χ3v) is 8.55. The van der Waals surface area contributed by atoms with Crippen LogP contribution in [0.1, 0.15) is 33.1 Å². The number of amides is 4. The van der Waals surface area contributed by atoms with E-state index in [0.717, 1.165) is 6.42 Å². The molecule has 9 nitrogen and oxygen atoms in total. The van der Waals surface area contributed by atoms with Gasteiger partial charge in [0.1, 0.15) is 18.1 Å². The van der Waals surface area contributed by atoms with E-state index >= 15 is 0 Å². The van der Waals surface area contributed by atoms with Crippen molar-refractivity contribution in [2.75, 3.05) is 13.1 Å². The first-order valence-corrected chi connectivity index (χ1v) is 12.8. The fourth-order valence-corrected chi connectivity index (χ4v) is 6.40. The zero-order valence-electron chi connectivity index (χ0n) is 21.3. The Morgan fingerprint density at radius 3 is 2.53 bits per heavy atom. The average molecular weight is 536 g/mol. The first kappa shape index (κ1) is 27.7. The molecule has 3 N–H and O–H groups in total. The molecule has 2 bridgehead atoms. The Labute approximate surface area is 218 Å². The Hall–Kier alpha value is -3.36. The summed E-state index contributed by atoms with van der Waals surface area (Å²) in [6, 6.07) is -1.62. The monoisotopic (exact) mass is 535 g/mol. The lowest BCUT2D eigenvalue weighted by atomic mass is 9.81. The van der Waals surface area contributed by atoms with Crippen molar-refractivity contribution >= 4 is 23.6 Å². The van der Waals surface area contributed by atoms with Crippen LogP contribution in [-0.4, -0.2) is 65.9 Å². The van der Waals surface area contributed by atoms with Gasteiger partial charge in [0, 0.05) is 24.4 Å². The number of hydrogen-bond acceptors (Lipinski definition) is 5. The molecule has 0 unspecified atom stereocenters. The summed E-state index contributed by atoms with van der Waals surface area (Å²) in [4.78, 5) is 52.6. The van der Waals surface area contributed by atoms with E-state index < -0.39 is 53.4 Å². The summed E-state index contributed by atoms with van der Waals surface area (Å²) in [5.41, 5.74) is -1.26. The molecule has 38 heavy (non-hydrogen) atoms. The van der Waals surface area contributed by atoms with Gasteiger partial charge in [0.05, 0.1) is 6.07 Å². The molecule has 1 saturated carbocycles. The van der Waals surface area contributed by atoms with E-state index in [4.69, 9.17) is 0 Å². The van der Waals surface area contributed by atoms with E-state index in [1.807, 2.05) is 23.5 Å². The highest BCUT2D eigenvalue weighted by molar-refractivity contribution is 5.94. The molecule has 2 aliphatic carbocycles. The molecular weight excluding hydrogens is 503 g/mol. The normalized spacial score (nSPS) is 31.3. The number of fused-ring (bicyclic) bond motifs is 5. The minimum Gasteiger partial charge on any atom is -0.356 e. The summed E-state index contributed by atoms with van der Waals surface area (Å²) < 4.78 is 39.4. The standard InChI is InChI=1S/C26H32F3N5O4/c1-4-25(2,3)20(33-24(38)26(27,28)29)23(37)34-12-17-13-5-6-14(9-13)18(17)19(34)22(36)32-16(11-30)10-15-7-8-31-21(15)35/h4-6,13-20H,1,7-10,12H2,2-3H3,(H,31,35)(H,32,36)(H,33,38)/t13-,14+,15+,16+,17-,18+,19+,20-/m1/s1. The largest absolute Gasteiger partial charge is 0.471 e. The molecule has 0 aromatic rings. The second kappa shape index (κ2) is 10.1. The van der Waals surface area contributed by atoms with E-state index in [0.29, 0.717) is 13.0 Å². The van der Waals surface area contributed by atoms with Gasteiger partial charge in [-0.3, -0.25) is 19.2 Å². The van der Waals surface area contributed by atoms with Crippen molar-refractivity contribution in [1.82, 2.24) is 20.9 Å². The highest BCUT2D eigenvalue weighted by Crippen LogP contribution is 2.54. The molecule has 0 spiro atoms. The minimum absolute atomic E-state index is 0.00956. The summed E-state index contributed by atoms with van der Waals surface area (Å²) >= 11 is 0. The minimum atomic E-state index is -5.20. The topological polar surface area (TPSA) is 131 Å². The van der Waals surface area contributed by atoms with Gasteiger partial charge in [-0.05, 0) is 42.9 Å². The lowest BCUT2D eigenvalue weighted by Gasteiger charge is -2.37. The number of nitrogens with zero attached hydrogens (tertiary/aromatic N) is 2. The van der Waals surface area contributed by atoms with Crippen molar-refractivity contribution in [3.63, 3.8) is 0 Å². The highest BCUT2D eigenvalue weighted by atomic mass is 19.4. The summed E-state index contributed by atoms with van der Waals surface area (Å²) in [5.74, 6) is -4.48. The van der Waals surface area contributed by atoms with Crippen molar-refractivity contribution in [2.24, 2.45) is 35.0 Å². The van der Waals surface area contributed by atoms with Gasteiger partial charge in [-0.1, -0.05) is 32.1 Å². The molecule has 2 aliphatic heterocycles. The second-order valence-electron chi connectivity index (χ2n) is 11.3. The molecule has 0 aromatic heterocycles. The van der Waals surface area contributed by atoms with Gasteiger partial charge in [0.2, 0.25) is 17.7 Å². The Bertz CT molecular complexity index is 1100. The van der Waals surface area contributed by atoms with Gasteiger partial charge in [-0.15, -0.1) is 6.58 Å². The van der Waals surface area contributed by atoms with Crippen LogP contribution in [0.15, 0.2) is 24.8 Å². The molecule has 4 amide bonds. The van der Waals surface area contributed by atoms with Gasteiger partial charge < -0.3 is 20.9 Å². The third kappa shape index (κ3) is 5.02. The van der Waals surface area contributed by atoms with Crippen LogP contribution in [0.3, 0.4) is 0 Å². The number of allylic oxidation sites excluding steroid dienone is 2. The smallest absolute Gasteiger partial charge is 0.356 e. The van der Waals surface area contributed by atoms with E-state index in [1.165, 1.54) is 24.8 Å². The number of alkyl halides is 3. The summed E-state index contributed by atoms with van der Waals surface area (Å²) in [6.07, 6.45) is 1.60. The predicted octanol–water partition coefficient (Wildman–Crippen LogP) is 1.43. The SMILES string of the molecule is C=CC(C)(C)[C@H](NC(=O)C(F)(F)F)C(=O)N1C[C@H]2[C@@H]([C@H]1C(=O)N[C@H](C#N)C[C@@H]1CCNC1=O)[C@H]1C=C[C@@H]2C1. The van der Waals surface area contributed by atoms with E-state index in [9.17, 15) is 37.6 Å². The number of nitriles is 1. The molecule has 2 heterocycles. The van der Waals surface area contributed by atoms with E-state index in [2.05, 4.69) is 17.2 Å². The first-order chi connectivity index (χ1) is 17.8. The van der Waals surface area contributed by atoms with Crippen molar-refractivity contribution in [3.8, 4) is 6.07 Å². The summed E-state index contributed by atoms with van der Waals surface area (Å²) in [7, 11) is 0. The maximum absolute atomic E-state index is 13.8. The van der Waals surface area contributed by atoms with E-state index in [1.54, 1.807) is 0 Å². The Morgan fingerprint density at radius 2 is 1.95 bits per heavy atom. The van der Waals surface area contributed by atoms with Crippen molar-refractivity contribution in [3.05, 3.63) is 24.8 Å². The predicted molar refractivity (Wildman–Crippen MR) is 128 cm³/mol. The van der Waals surface area contributed by atoms with Gasteiger partial charge in [0.15, 0.2) is 0 Å². The maximum Gasteiger partial charge on any atom is 0.471 e. The first-order valence-electron chi connectivity index (χ1n) is 12.8. The average Bonchev–Trinajstić information content (AvgIpc) is 3.63. The van der Waals surface area contributed by atoms with Crippen LogP contribution in [0, 0.1) is 46.3 Å². The molecule has 0 aromatic carbocycles. The molecule has 206 valence electrons. The quantitative estimate of drug-likeness (QED) is 0.405. The Balaban J connectivity index is 1.61. The van der Waals surface area contributed by atoms with Crippen molar-refractivity contribution < 1.29 is 32.3 Å². The number of hydrogen-bond donors (Lipinski definition) is 3. The molecule has 4 rings (SSSR count). The van der Waals surface area contributed by atoms with Crippen LogP contribution in [-0.2, 0) is 19.2 Å². The van der Waals surface area contributed by atoms with E-state index in [-0.39, 0.29) is 42.5 Å². The van der Waals surface area contributed by atoms with Gasteiger partial charge in [0.25, 0.3) is 0 Å². The lowest BCUT2D eigenvalue weighted by molar-refractivity contribution is -0.176. The zero-order valence-corrected chi connectivity index (χ0v) is 21.3. The molecule has 4 aliphatic rings. The zero-order chi connectivity index (χ0) is 28.0. The number of carbonyl (C=O) groups is 4. The third-order valence-electron chi connectivity index (χ3n) is 8.55. The molecule has 3 fully saturated rings. The van der Waals surface area contributed by atoms with Crippen LogP contribution in [0.2, 0.25) is 0 Å². The summed E-state index contributed by atoms with van der Waals surface area (Å²) in [5, 5.41) is 16.9. The Morgan fingerprint density at radius 1 is 1.26 bits per heavy atom. The number of likely N-dealkylation sites (tertiary alicyclic amines) is 1. The summed E-state index contributed by atoms with van der Waals surface area (Å²) in [6.45, 7) is 7.21. The number of halogens is 3. The van der Waals surface area contributed by atoms with Gasteiger partial charge in [-0.25, -0.2) is 0 Å². The van der Waals surface area contributed by atoms with Crippen molar-refractivity contribution in [1.29, 1.82) is 5.26 Å². The maximum atomic E-state index is 13.8. The van der Waals surface area contributed by atoms with Gasteiger partial charge in [-0.2, -0.15) is 18.4 Å². The second-order valence-corrected chi connectivity index (χ2v) is 11.3. The fraction of sp³-hybridized carbons (Fsp3) is 0.654. The molecule has 0 radical (unpaired) electrons. The lowest BCUT2D eigenvalue weighted by Crippen LogP contribution is -2.60. The highest BCUT2D eigenvalue weighted by Gasteiger charge is 2.59. The van der Waals surface area contributed by atoms with Gasteiger partial charge >= 0.3 is 12.1 Å². The molecule has 2 saturated heterocycles. The van der Waals surface area contributed by atoms with Crippen LogP contribution >= 0.6 is 0 Å². The fourth-order valence-electron chi connectivity index (χ4n) is 6.40. The number of carbonyl (C=O) groups excluding carboxylic acids is 4. The molecule has 12 heteroatoms. The van der Waals surface area contributed by atoms with Crippen molar-refractivity contribution in [2.45, 2.75) is 57.4 Å². The molecular formula is C26H32F3N5O4. The van der Waals surface area contributed by atoms with Crippen LogP contribution in [0.4, 0.5) is 13.2 Å². The van der Waals surface area contributed by atoms with Crippen LogP contribution in [0.25, 0.3) is 0 Å². The number of rotatable bonds is 8. The number of nitrogens with one attached hydrogen (secondary N) is 3. The van der Waals surface area contributed by atoms with Crippen LogP contribution in [0.5, 0.6) is 0 Å². The molecule has 8 atom stereocenters. The Kier molecular flexibility index (Phi) is 7.34. The van der Waals surface area contributed by atoms with Crippen LogP contribution < -0.4 is 16.0 Å².